The van der Waals surface area contributed by atoms with Gasteiger partial charge in [-0.2, -0.15) is 5.10 Å². The van der Waals surface area contributed by atoms with E-state index in [1.54, 1.807) is 18.3 Å². The zero-order valence-electron chi connectivity index (χ0n) is 10.5. The van der Waals surface area contributed by atoms with Gasteiger partial charge in [-0.25, -0.2) is 0 Å². The Hall–Kier alpha value is -2.20. The average molecular weight is 327 g/mol. The Morgan fingerprint density at radius 3 is 2.40 bits per heavy atom. The summed E-state index contributed by atoms with van der Waals surface area (Å²) in [6, 6.07) is 17.0. The summed E-state index contributed by atoms with van der Waals surface area (Å²) in [7, 11) is 0. The predicted octanol–water partition coefficient (Wildman–Crippen LogP) is 4.07. The SMILES string of the molecule is O=C(c1ccc(Br)cc1)c1[nH]ncc1-c1ccccc1. The number of aromatic nitrogens is 2. The summed E-state index contributed by atoms with van der Waals surface area (Å²) in [5, 5.41) is 6.81. The van der Waals surface area contributed by atoms with Crippen LogP contribution in [0.15, 0.2) is 65.3 Å². The Morgan fingerprint density at radius 1 is 1.00 bits per heavy atom. The van der Waals surface area contributed by atoms with Crippen molar-refractivity contribution in [2.45, 2.75) is 0 Å². The highest BCUT2D eigenvalue weighted by atomic mass is 79.9. The van der Waals surface area contributed by atoms with E-state index in [4.69, 9.17) is 0 Å². The number of halogens is 1. The zero-order valence-corrected chi connectivity index (χ0v) is 12.1. The molecule has 0 aliphatic rings. The lowest BCUT2D eigenvalue weighted by atomic mass is 10.0. The van der Waals surface area contributed by atoms with Gasteiger partial charge in [0.2, 0.25) is 5.78 Å². The van der Waals surface area contributed by atoms with E-state index in [0.29, 0.717) is 11.3 Å². The first kappa shape index (κ1) is 12.8. The van der Waals surface area contributed by atoms with Gasteiger partial charge in [-0.3, -0.25) is 9.89 Å². The predicted molar refractivity (Wildman–Crippen MR) is 81.6 cm³/mol. The maximum absolute atomic E-state index is 12.5. The number of hydrogen-bond acceptors (Lipinski definition) is 2. The smallest absolute Gasteiger partial charge is 0.211 e. The van der Waals surface area contributed by atoms with Gasteiger partial charge >= 0.3 is 0 Å². The molecule has 0 amide bonds. The summed E-state index contributed by atoms with van der Waals surface area (Å²) < 4.78 is 0.946. The number of H-pyrrole nitrogens is 1. The first-order chi connectivity index (χ1) is 9.75. The van der Waals surface area contributed by atoms with Crippen molar-refractivity contribution in [2.75, 3.05) is 0 Å². The molecule has 0 radical (unpaired) electrons. The highest BCUT2D eigenvalue weighted by molar-refractivity contribution is 9.10. The zero-order chi connectivity index (χ0) is 13.9. The number of rotatable bonds is 3. The number of aromatic amines is 1. The van der Waals surface area contributed by atoms with Crippen LogP contribution in [0.2, 0.25) is 0 Å². The Labute approximate surface area is 124 Å². The Bertz CT molecular complexity index is 733. The van der Waals surface area contributed by atoms with Gasteiger partial charge in [-0.15, -0.1) is 0 Å². The van der Waals surface area contributed by atoms with Crippen molar-refractivity contribution >= 4 is 21.7 Å². The largest absolute Gasteiger partial charge is 0.287 e. The van der Waals surface area contributed by atoms with Crippen LogP contribution >= 0.6 is 15.9 Å². The van der Waals surface area contributed by atoms with E-state index in [-0.39, 0.29) is 5.78 Å². The molecule has 0 aliphatic heterocycles. The summed E-state index contributed by atoms with van der Waals surface area (Å²) in [4.78, 5) is 12.5. The third-order valence-corrected chi connectivity index (χ3v) is 3.59. The number of carbonyl (C=O) groups is 1. The minimum absolute atomic E-state index is 0.0612. The van der Waals surface area contributed by atoms with Crippen LogP contribution in [0.4, 0.5) is 0 Å². The summed E-state index contributed by atoms with van der Waals surface area (Å²) >= 11 is 3.36. The van der Waals surface area contributed by atoms with E-state index in [9.17, 15) is 4.79 Å². The molecular weight excluding hydrogens is 316 g/mol. The number of benzene rings is 2. The average Bonchev–Trinajstić information content (AvgIpc) is 2.97. The first-order valence-electron chi connectivity index (χ1n) is 6.15. The van der Waals surface area contributed by atoms with E-state index < -0.39 is 0 Å². The van der Waals surface area contributed by atoms with Gasteiger partial charge in [-0.1, -0.05) is 46.3 Å². The molecule has 0 saturated heterocycles. The molecule has 0 bridgehead atoms. The van der Waals surface area contributed by atoms with Crippen LogP contribution in [0, 0.1) is 0 Å². The summed E-state index contributed by atoms with van der Waals surface area (Å²) in [5.74, 6) is -0.0612. The molecule has 2 aromatic carbocycles. The van der Waals surface area contributed by atoms with Gasteiger partial charge in [0.15, 0.2) is 0 Å². The maximum atomic E-state index is 12.5. The fourth-order valence-corrected chi connectivity index (χ4v) is 2.31. The quantitative estimate of drug-likeness (QED) is 0.737. The Morgan fingerprint density at radius 2 is 1.70 bits per heavy atom. The number of ketones is 1. The summed E-state index contributed by atoms with van der Waals surface area (Å²) in [6.07, 6.45) is 1.68. The standard InChI is InChI=1S/C16H11BrN2O/c17-13-8-6-12(7-9-13)16(20)15-14(10-18-19-15)11-4-2-1-3-5-11/h1-10H,(H,18,19). The molecule has 0 saturated carbocycles. The minimum atomic E-state index is -0.0612. The molecule has 4 heteroatoms. The van der Waals surface area contributed by atoms with Crippen LogP contribution in [-0.2, 0) is 0 Å². The van der Waals surface area contributed by atoms with E-state index in [1.165, 1.54) is 0 Å². The monoisotopic (exact) mass is 326 g/mol. The van der Waals surface area contributed by atoms with Crippen LogP contribution in [0.3, 0.4) is 0 Å². The van der Waals surface area contributed by atoms with Crippen LogP contribution in [0.1, 0.15) is 16.1 Å². The number of carbonyl (C=O) groups excluding carboxylic acids is 1. The van der Waals surface area contributed by atoms with Crippen molar-refractivity contribution in [3.05, 3.63) is 76.5 Å². The van der Waals surface area contributed by atoms with Crippen molar-refractivity contribution in [1.29, 1.82) is 0 Å². The third kappa shape index (κ3) is 2.42. The molecule has 1 heterocycles. The van der Waals surface area contributed by atoms with E-state index in [1.807, 2.05) is 42.5 Å². The molecule has 1 N–H and O–H groups in total. The lowest BCUT2D eigenvalue weighted by Crippen LogP contribution is -2.03. The molecule has 1 aromatic heterocycles. The molecule has 0 aliphatic carbocycles. The maximum Gasteiger partial charge on any atom is 0.211 e. The minimum Gasteiger partial charge on any atom is -0.287 e. The fraction of sp³-hybridized carbons (Fsp3) is 0. The van der Waals surface area contributed by atoms with E-state index in [0.717, 1.165) is 15.6 Å². The molecular formula is C16H11BrN2O. The van der Waals surface area contributed by atoms with Crippen LogP contribution in [0.5, 0.6) is 0 Å². The van der Waals surface area contributed by atoms with Gasteiger partial charge in [0.25, 0.3) is 0 Å². The second-order valence-electron chi connectivity index (χ2n) is 4.36. The van der Waals surface area contributed by atoms with Crippen molar-refractivity contribution in [2.24, 2.45) is 0 Å². The van der Waals surface area contributed by atoms with Crippen molar-refractivity contribution in [3.63, 3.8) is 0 Å². The highest BCUT2D eigenvalue weighted by Crippen LogP contribution is 2.24. The topological polar surface area (TPSA) is 45.8 Å². The Kier molecular flexibility index (Phi) is 3.48. The number of nitrogens with zero attached hydrogens (tertiary/aromatic N) is 1. The molecule has 0 atom stereocenters. The molecule has 3 aromatic rings. The van der Waals surface area contributed by atoms with Crippen LogP contribution in [0.25, 0.3) is 11.1 Å². The van der Waals surface area contributed by atoms with Gasteiger partial charge in [0.1, 0.15) is 5.69 Å². The molecule has 20 heavy (non-hydrogen) atoms. The van der Waals surface area contributed by atoms with Crippen LogP contribution in [-0.4, -0.2) is 16.0 Å². The third-order valence-electron chi connectivity index (χ3n) is 3.06. The lowest BCUT2D eigenvalue weighted by molar-refractivity contribution is 0.103. The molecule has 98 valence electrons. The Balaban J connectivity index is 2.02. The van der Waals surface area contributed by atoms with Crippen LogP contribution < -0.4 is 0 Å². The number of hydrogen-bond donors (Lipinski definition) is 1. The lowest BCUT2D eigenvalue weighted by Gasteiger charge is -2.03. The molecule has 0 unspecified atom stereocenters. The van der Waals surface area contributed by atoms with Crippen molar-refractivity contribution < 1.29 is 4.79 Å². The van der Waals surface area contributed by atoms with Gasteiger partial charge in [0.05, 0.1) is 6.20 Å². The fourth-order valence-electron chi connectivity index (χ4n) is 2.04. The summed E-state index contributed by atoms with van der Waals surface area (Å²) in [5.41, 5.74) is 2.94. The van der Waals surface area contributed by atoms with E-state index >= 15 is 0 Å². The van der Waals surface area contributed by atoms with Gasteiger partial charge < -0.3 is 0 Å². The second kappa shape index (κ2) is 5.43. The normalized spacial score (nSPS) is 10.4. The highest BCUT2D eigenvalue weighted by Gasteiger charge is 2.16. The van der Waals surface area contributed by atoms with Crippen molar-refractivity contribution in [3.8, 4) is 11.1 Å². The number of nitrogens with one attached hydrogen (secondary N) is 1. The molecule has 3 rings (SSSR count). The summed E-state index contributed by atoms with van der Waals surface area (Å²) in [6.45, 7) is 0. The van der Waals surface area contributed by atoms with E-state index in [2.05, 4.69) is 26.1 Å². The van der Waals surface area contributed by atoms with Gasteiger partial charge in [-0.05, 0) is 29.8 Å². The second-order valence-corrected chi connectivity index (χ2v) is 5.28. The molecule has 3 nitrogen and oxygen atoms in total. The molecule has 0 spiro atoms. The van der Waals surface area contributed by atoms with Crippen molar-refractivity contribution in [1.82, 2.24) is 10.2 Å². The van der Waals surface area contributed by atoms with Gasteiger partial charge in [0, 0.05) is 15.6 Å². The molecule has 0 fully saturated rings. The first-order valence-corrected chi connectivity index (χ1v) is 6.94.